The van der Waals surface area contributed by atoms with Crippen LogP contribution in [-0.2, 0) is 6.42 Å². The van der Waals surface area contributed by atoms with Crippen molar-refractivity contribution in [3.63, 3.8) is 0 Å². The van der Waals surface area contributed by atoms with Crippen molar-refractivity contribution in [2.24, 2.45) is 11.7 Å². The van der Waals surface area contributed by atoms with E-state index in [0.717, 1.165) is 6.42 Å². The normalized spacial score (nSPS) is 15.0. The largest absolute Gasteiger partial charge is 0.327 e. The molecule has 1 rings (SSSR count). The van der Waals surface area contributed by atoms with E-state index in [-0.39, 0.29) is 0 Å². The van der Waals surface area contributed by atoms with Crippen molar-refractivity contribution in [3.8, 4) is 0 Å². The van der Waals surface area contributed by atoms with Gasteiger partial charge in [-0.15, -0.1) is 11.3 Å². The van der Waals surface area contributed by atoms with Crippen molar-refractivity contribution in [2.75, 3.05) is 0 Å². The molecule has 0 aromatic carbocycles. The zero-order valence-electron chi connectivity index (χ0n) is 10.2. The van der Waals surface area contributed by atoms with E-state index in [0.29, 0.717) is 12.0 Å². The second kappa shape index (κ2) is 7.46. The molecule has 0 fully saturated rings. The van der Waals surface area contributed by atoms with Gasteiger partial charge in [0.05, 0.1) is 0 Å². The fourth-order valence-corrected chi connectivity index (χ4v) is 3.57. The first-order valence-corrected chi connectivity index (χ1v) is 7.83. The number of hydrogen-bond donors (Lipinski definition) is 1. The highest BCUT2D eigenvalue weighted by Gasteiger charge is 2.16. The van der Waals surface area contributed by atoms with Gasteiger partial charge in [-0.3, -0.25) is 0 Å². The highest BCUT2D eigenvalue weighted by molar-refractivity contribution is 9.10. The van der Waals surface area contributed by atoms with Crippen molar-refractivity contribution in [3.05, 3.63) is 20.8 Å². The fraction of sp³-hybridized carbons (Fsp3) is 0.692. The Balaban J connectivity index is 2.45. The Kier molecular flexibility index (Phi) is 6.62. The molecule has 0 amide bonds. The minimum absolute atomic E-state index is 0.321. The van der Waals surface area contributed by atoms with Gasteiger partial charge in [0.2, 0.25) is 0 Å². The van der Waals surface area contributed by atoms with Crippen LogP contribution in [0.5, 0.6) is 0 Å². The standard InChI is InChI=1S/C13H22BrNS/c1-3-5-6-10(4-2)13(15)8-12-7-11(14)9-16-12/h7,9-10,13H,3-6,8,15H2,1-2H3. The number of nitrogens with two attached hydrogens (primary N) is 1. The monoisotopic (exact) mass is 303 g/mol. The molecule has 1 heterocycles. The molecule has 0 spiro atoms. The summed E-state index contributed by atoms with van der Waals surface area (Å²) in [5, 5.41) is 2.13. The lowest BCUT2D eigenvalue weighted by atomic mass is 9.90. The first-order chi connectivity index (χ1) is 7.67. The molecule has 2 atom stereocenters. The van der Waals surface area contributed by atoms with E-state index in [1.54, 1.807) is 11.3 Å². The predicted molar refractivity (Wildman–Crippen MR) is 77.0 cm³/mol. The Morgan fingerprint density at radius 3 is 2.69 bits per heavy atom. The molecule has 16 heavy (non-hydrogen) atoms. The predicted octanol–water partition coefficient (Wildman–Crippen LogP) is 4.60. The maximum absolute atomic E-state index is 6.30. The summed E-state index contributed by atoms with van der Waals surface area (Å²) in [6.45, 7) is 4.50. The number of rotatable bonds is 7. The maximum Gasteiger partial charge on any atom is 0.0285 e. The molecule has 0 radical (unpaired) electrons. The maximum atomic E-state index is 6.30. The molecule has 0 saturated heterocycles. The lowest BCUT2D eigenvalue weighted by Crippen LogP contribution is -2.31. The molecule has 0 aliphatic rings. The van der Waals surface area contributed by atoms with E-state index in [1.807, 2.05) is 0 Å². The van der Waals surface area contributed by atoms with Gasteiger partial charge in [0.15, 0.2) is 0 Å². The van der Waals surface area contributed by atoms with Crippen LogP contribution in [0.25, 0.3) is 0 Å². The summed E-state index contributed by atoms with van der Waals surface area (Å²) in [5.74, 6) is 0.681. The highest BCUT2D eigenvalue weighted by Crippen LogP contribution is 2.24. The van der Waals surface area contributed by atoms with E-state index in [2.05, 4.69) is 41.2 Å². The number of hydrogen-bond acceptors (Lipinski definition) is 2. The quantitative estimate of drug-likeness (QED) is 0.783. The summed E-state index contributed by atoms with van der Waals surface area (Å²) in [6.07, 6.45) is 6.08. The van der Waals surface area contributed by atoms with Gasteiger partial charge >= 0.3 is 0 Å². The molecule has 1 aromatic rings. The van der Waals surface area contributed by atoms with Gasteiger partial charge in [-0.1, -0.05) is 33.1 Å². The summed E-state index contributed by atoms with van der Waals surface area (Å²) < 4.78 is 1.18. The number of halogens is 1. The van der Waals surface area contributed by atoms with Crippen molar-refractivity contribution >= 4 is 27.3 Å². The van der Waals surface area contributed by atoms with Gasteiger partial charge in [0, 0.05) is 20.8 Å². The summed E-state index contributed by atoms with van der Waals surface area (Å²) in [5.41, 5.74) is 6.30. The van der Waals surface area contributed by atoms with Crippen LogP contribution in [0.2, 0.25) is 0 Å². The minimum atomic E-state index is 0.321. The fourth-order valence-electron chi connectivity index (χ4n) is 2.05. The van der Waals surface area contributed by atoms with Crippen LogP contribution in [0.15, 0.2) is 15.9 Å². The van der Waals surface area contributed by atoms with Gasteiger partial charge in [-0.2, -0.15) is 0 Å². The zero-order valence-corrected chi connectivity index (χ0v) is 12.6. The van der Waals surface area contributed by atoms with Crippen LogP contribution < -0.4 is 5.73 Å². The van der Waals surface area contributed by atoms with E-state index >= 15 is 0 Å². The summed E-state index contributed by atoms with van der Waals surface area (Å²) in [4.78, 5) is 1.40. The third-order valence-electron chi connectivity index (χ3n) is 3.12. The summed E-state index contributed by atoms with van der Waals surface area (Å²) in [6, 6.07) is 2.51. The second-order valence-electron chi connectivity index (χ2n) is 4.41. The molecule has 2 unspecified atom stereocenters. The molecule has 92 valence electrons. The second-order valence-corrected chi connectivity index (χ2v) is 6.32. The van der Waals surface area contributed by atoms with Crippen LogP contribution in [0, 0.1) is 5.92 Å². The van der Waals surface area contributed by atoms with Gasteiger partial charge in [0.25, 0.3) is 0 Å². The topological polar surface area (TPSA) is 26.0 Å². The van der Waals surface area contributed by atoms with Gasteiger partial charge in [-0.25, -0.2) is 0 Å². The van der Waals surface area contributed by atoms with Crippen molar-refractivity contribution in [1.29, 1.82) is 0 Å². The molecule has 0 bridgehead atoms. The Morgan fingerprint density at radius 1 is 1.44 bits per heavy atom. The Hall–Kier alpha value is 0.140. The molecule has 2 N–H and O–H groups in total. The Labute approximate surface area is 112 Å². The van der Waals surface area contributed by atoms with E-state index in [4.69, 9.17) is 5.73 Å². The van der Waals surface area contributed by atoms with Crippen molar-refractivity contribution in [2.45, 2.75) is 52.0 Å². The lowest BCUT2D eigenvalue weighted by molar-refractivity contribution is 0.370. The highest BCUT2D eigenvalue weighted by atomic mass is 79.9. The first-order valence-electron chi connectivity index (χ1n) is 6.15. The van der Waals surface area contributed by atoms with E-state index < -0.39 is 0 Å². The molecule has 0 saturated carbocycles. The number of unbranched alkanes of at least 4 members (excludes halogenated alkanes) is 1. The van der Waals surface area contributed by atoms with Crippen LogP contribution in [0.1, 0.15) is 44.4 Å². The van der Waals surface area contributed by atoms with E-state index in [1.165, 1.54) is 35.0 Å². The smallest absolute Gasteiger partial charge is 0.0285 e. The molecule has 3 heteroatoms. The van der Waals surface area contributed by atoms with Crippen LogP contribution in [0.3, 0.4) is 0 Å². The molecule has 1 nitrogen and oxygen atoms in total. The van der Waals surface area contributed by atoms with Crippen molar-refractivity contribution in [1.82, 2.24) is 0 Å². The minimum Gasteiger partial charge on any atom is -0.327 e. The van der Waals surface area contributed by atoms with Gasteiger partial charge in [0.1, 0.15) is 0 Å². The summed E-state index contributed by atoms with van der Waals surface area (Å²) >= 11 is 5.29. The summed E-state index contributed by atoms with van der Waals surface area (Å²) in [7, 11) is 0. The number of thiophene rings is 1. The van der Waals surface area contributed by atoms with Crippen LogP contribution in [0.4, 0.5) is 0 Å². The molecular weight excluding hydrogens is 282 g/mol. The molecular formula is C13H22BrNS. The zero-order chi connectivity index (χ0) is 12.0. The van der Waals surface area contributed by atoms with Crippen molar-refractivity contribution < 1.29 is 0 Å². The average molecular weight is 304 g/mol. The average Bonchev–Trinajstić information content (AvgIpc) is 2.65. The third-order valence-corrected chi connectivity index (χ3v) is 4.84. The molecule has 0 aliphatic carbocycles. The Bertz CT molecular complexity index is 298. The van der Waals surface area contributed by atoms with Crippen LogP contribution >= 0.6 is 27.3 Å². The lowest BCUT2D eigenvalue weighted by Gasteiger charge is -2.21. The molecule has 1 aromatic heterocycles. The van der Waals surface area contributed by atoms with Crippen LogP contribution in [-0.4, -0.2) is 6.04 Å². The SMILES string of the molecule is CCCCC(CC)C(N)Cc1cc(Br)cs1. The third kappa shape index (κ3) is 4.56. The first kappa shape index (κ1) is 14.2. The molecule has 0 aliphatic heterocycles. The van der Waals surface area contributed by atoms with Gasteiger partial charge < -0.3 is 5.73 Å². The van der Waals surface area contributed by atoms with E-state index in [9.17, 15) is 0 Å². The Morgan fingerprint density at radius 2 is 2.19 bits per heavy atom. The van der Waals surface area contributed by atoms with Gasteiger partial charge in [-0.05, 0) is 40.8 Å².